The van der Waals surface area contributed by atoms with Crippen molar-refractivity contribution in [2.24, 2.45) is 0 Å². The maximum atomic E-state index is 12.5. The van der Waals surface area contributed by atoms with E-state index in [0.29, 0.717) is 0 Å². The molecular weight excluding hydrogens is 171 g/mol. The molecule has 0 radical (unpaired) electrons. The Bertz CT molecular complexity index is 277. The molecule has 0 saturated carbocycles. The quantitative estimate of drug-likeness (QED) is 0.645. The van der Waals surface area contributed by atoms with Crippen LogP contribution >= 0.6 is 0 Å². The molecule has 0 bridgehead atoms. The molecule has 0 N–H and O–H groups in total. The molecule has 1 aromatic rings. The van der Waals surface area contributed by atoms with E-state index in [-0.39, 0.29) is 11.3 Å². The molecule has 5 heteroatoms. The molecule has 1 aromatic heterocycles. The lowest BCUT2D eigenvalue weighted by Gasteiger charge is -2.03. The van der Waals surface area contributed by atoms with Gasteiger partial charge in [-0.2, -0.15) is 13.2 Å². The second-order valence-corrected chi connectivity index (χ2v) is 2.16. The fourth-order valence-corrected chi connectivity index (χ4v) is 0.700. The number of aromatic nitrogens is 1. The second-order valence-electron chi connectivity index (χ2n) is 2.16. The van der Waals surface area contributed by atoms with Crippen LogP contribution in [0.25, 0.3) is 0 Å². The van der Waals surface area contributed by atoms with Gasteiger partial charge in [-0.3, -0.25) is 0 Å². The Morgan fingerprint density at radius 2 is 2.17 bits per heavy atom. The number of aryl methyl sites for hydroxylation is 1. The van der Waals surface area contributed by atoms with Gasteiger partial charge in [0.1, 0.15) is 5.75 Å². The molecule has 0 fully saturated rings. The first kappa shape index (κ1) is 8.83. The molecular formula is C7H6F3NO. The summed E-state index contributed by atoms with van der Waals surface area (Å²) in [6.07, 6.45) is 0.911. The molecule has 0 spiro atoms. The summed E-state index contributed by atoms with van der Waals surface area (Å²) >= 11 is 0. The van der Waals surface area contributed by atoms with E-state index in [1.165, 1.54) is 6.92 Å². The summed E-state index contributed by atoms with van der Waals surface area (Å²) in [4.78, 5) is 3.21. The fraction of sp³-hybridized carbons (Fsp3) is 0.286. The molecule has 0 amide bonds. The maximum absolute atomic E-state index is 12.5. The zero-order chi connectivity index (χ0) is 9.14. The molecule has 0 aromatic carbocycles. The lowest BCUT2D eigenvalue weighted by molar-refractivity contribution is -0.0501. The molecule has 0 aliphatic heterocycles. The summed E-state index contributed by atoms with van der Waals surface area (Å²) in [5, 5.41) is 0. The smallest absolute Gasteiger partial charge is 0.387 e. The fourth-order valence-electron chi connectivity index (χ4n) is 0.700. The van der Waals surface area contributed by atoms with Gasteiger partial charge in [-0.25, -0.2) is 4.98 Å². The van der Waals surface area contributed by atoms with E-state index < -0.39 is 12.6 Å². The topological polar surface area (TPSA) is 22.1 Å². The van der Waals surface area contributed by atoms with E-state index in [2.05, 4.69) is 9.72 Å². The van der Waals surface area contributed by atoms with Crippen molar-refractivity contribution < 1.29 is 17.9 Å². The lowest BCUT2D eigenvalue weighted by Crippen LogP contribution is -2.03. The minimum Gasteiger partial charge on any atom is -0.433 e. The highest BCUT2D eigenvalue weighted by atomic mass is 19.3. The van der Waals surface area contributed by atoms with Crippen molar-refractivity contribution in [3.05, 3.63) is 23.8 Å². The summed E-state index contributed by atoms with van der Waals surface area (Å²) < 4.78 is 39.7. The highest BCUT2D eigenvalue weighted by Crippen LogP contribution is 2.15. The average molecular weight is 177 g/mol. The van der Waals surface area contributed by atoms with Crippen LogP contribution in [0.2, 0.25) is 0 Å². The molecule has 12 heavy (non-hydrogen) atoms. The largest absolute Gasteiger partial charge is 0.433 e. The van der Waals surface area contributed by atoms with Gasteiger partial charge in [-0.05, 0) is 13.0 Å². The highest BCUT2D eigenvalue weighted by molar-refractivity contribution is 5.23. The number of halogens is 3. The summed E-state index contributed by atoms with van der Waals surface area (Å²) in [7, 11) is 0. The van der Waals surface area contributed by atoms with Crippen LogP contribution in [0, 0.1) is 12.9 Å². The van der Waals surface area contributed by atoms with Crippen molar-refractivity contribution in [1.82, 2.24) is 4.98 Å². The Hall–Kier alpha value is -1.26. The summed E-state index contributed by atoms with van der Waals surface area (Å²) in [6.45, 7) is -1.49. The Kier molecular flexibility index (Phi) is 2.52. The molecule has 0 atom stereocenters. The standard InChI is InChI=1S/C7H6F3NO/c1-4-2-5(12-7(9)10)3-11-6(4)8/h2-3,7H,1H3. The Morgan fingerprint density at radius 1 is 1.50 bits per heavy atom. The van der Waals surface area contributed by atoms with Crippen molar-refractivity contribution in [3.8, 4) is 5.75 Å². The van der Waals surface area contributed by atoms with Crippen molar-refractivity contribution in [2.45, 2.75) is 13.5 Å². The van der Waals surface area contributed by atoms with Crippen LogP contribution in [-0.2, 0) is 0 Å². The van der Waals surface area contributed by atoms with Crippen LogP contribution in [0.5, 0.6) is 5.75 Å². The third-order valence-corrected chi connectivity index (χ3v) is 1.21. The minimum absolute atomic E-state index is 0.135. The Morgan fingerprint density at radius 3 is 2.67 bits per heavy atom. The van der Waals surface area contributed by atoms with Crippen LogP contribution < -0.4 is 4.74 Å². The van der Waals surface area contributed by atoms with Crippen LogP contribution in [-0.4, -0.2) is 11.6 Å². The van der Waals surface area contributed by atoms with Crippen molar-refractivity contribution >= 4 is 0 Å². The Labute approximate surface area is 67.0 Å². The number of pyridine rings is 1. The van der Waals surface area contributed by atoms with Crippen LogP contribution in [0.1, 0.15) is 5.56 Å². The number of rotatable bonds is 2. The molecule has 0 aliphatic rings. The van der Waals surface area contributed by atoms with Crippen molar-refractivity contribution in [1.29, 1.82) is 0 Å². The first-order valence-electron chi connectivity index (χ1n) is 3.16. The predicted molar refractivity (Wildman–Crippen MR) is 35.6 cm³/mol. The third-order valence-electron chi connectivity index (χ3n) is 1.21. The average Bonchev–Trinajstić information content (AvgIpc) is 1.96. The molecule has 1 rings (SSSR count). The lowest BCUT2D eigenvalue weighted by atomic mass is 10.3. The summed E-state index contributed by atoms with van der Waals surface area (Å²) in [5.41, 5.74) is 0.174. The Balaban J connectivity index is 2.82. The number of hydrogen-bond acceptors (Lipinski definition) is 2. The summed E-state index contributed by atoms with van der Waals surface area (Å²) in [6, 6.07) is 1.16. The van der Waals surface area contributed by atoms with E-state index in [1.54, 1.807) is 0 Å². The van der Waals surface area contributed by atoms with Crippen LogP contribution in [0.4, 0.5) is 13.2 Å². The highest BCUT2D eigenvalue weighted by Gasteiger charge is 2.06. The minimum atomic E-state index is -2.91. The van der Waals surface area contributed by atoms with Crippen LogP contribution in [0.3, 0.4) is 0 Å². The normalized spacial score (nSPS) is 10.4. The summed E-state index contributed by atoms with van der Waals surface area (Å²) in [5.74, 6) is -0.819. The number of hydrogen-bond donors (Lipinski definition) is 0. The van der Waals surface area contributed by atoms with Gasteiger partial charge < -0.3 is 4.74 Å². The zero-order valence-corrected chi connectivity index (χ0v) is 6.22. The molecule has 66 valence electrons. The van der Waals surface area contributed by atoms with Gasteiger partial charge in [0.15, 0.2) is 0 Å². The predicted octanol–water partition coefficient (Wildman–Crippen LogP) is 2.13. The van der Waals surface area contributed by atoms with Crippen molar-refractivity contribution in [2.75, 3.05) is 0 Å². The SMILES string of the molecule is Cc1cc(OC(F)F)cnc1F. The van der Waals surface area contributed by atoms with Gasteiger partial charge in [0.2, 0.25) is 5.95 Å². The van der Waals surface area contributed by atoms with E-state index in [1.807, 2.05) is 0 Å². The van der Waals surface area contributed by atoms with E-state index in [4.69, 9.17) is 0 Å². The monoisotopic (exact) mass is 177 g/mol. The first-order chi connectivity index (χ1) is 5.59. The van der Waals surface area contributed by atoms with E-state index in [0.717, 1.165) is 12.3 Å². The second kappa shape index (κ2) is 3.42. The zero-order valence-electron chi connectivity index (χ0n) is 6.22. The number of nitrogens with zero attached hydrogens (tertiary/aromatic N) is 1. The van der Waals surface area contributed by atoms with Gasteiger partial charge in [-0.15, -0.1) is 0 Å². The number of alkyl halides is 2. The molecule has 0 aliphatic carbocycles. The van der Waals surface area contributed by atoms with Crippen molar-refractivity contribution in [3.63, 3.8) is 0 Å². The van der Waals surface area contributed by atoms with Gasteiger partial charge in [0.05, 0.1) is 6.20 Å². The third kappa shape index (κ3) is 2.11. The van der Waals surface area contributed by atoms with Gasteiger partial charge in [-0.1, -0.05) is 0 Å². The van der Waals surface area contributed by atoms with Gasteiger partial charge >= 0.3 is 6.61 Å². The van der Waals surface area contributed by atoms with E-state index >= 15 is 0 Å². The molecule has 0 unspecified atom stereocenters. The van der Waals surface area contributed by atoms with E-state index in [9.17, 15) is 13.2 Å². The molecule has 1 heterocycles. The maximum Gasteiger partial charge on any atom is 0.387 e. The molecule has 2 nitrogen and oxygen atoms in total. The first-order valence-corrected chi connectivity index (χ1v) is 3.16. The van der Waals surface area contributed by atoms with Gasteiger partial charge in [0, 0.05) is 5.56 Å². The van der Waals surface area contributed by atoms with Gasteiger partial charge in [0.25, 0.3) is 0 Å². The van der Waals surface area contributed by atoms with Crippen LogP contribution in [0.15, 0.2) is 12.3 Å². The number of ether oxygens (including phenoxy) is 1. The molecule has 0 saturated heterocycles.